The van der Waals surface area contributed by atoms with E-state index in [-0.39, 0.29) is 19.4 Å². The largest absolute Gasteiger partial charge is 0.480 e. The number of esters is 2. The van der Waals surface area contributed by atoms with Crippen molar-refractivity contribution < 1.29 is 47.5 Å². The molecule has 12 heteroatoms. The Morgan fingerprint density at radius 2 is 0.950 bits per heavy atom. The Hall–Kier alpha value is -3.34. The number of nitrogens with two attached hydrogens (primary N) is 1. The summed E-state index contributed by atoms with van der Waals surface area (Å²) in [6, 6.07) is -1.54. The summed E-state index contributed by atoms with van der Waals surface area (Å²) in [6.07, 6.45) is 52.3. The Balaban J connectivity index is 4.46. The highest BCUT2D eigenvalue weighted by Crippen LogP contribution is 2.43. The highest BCUT2D eigenvalue weighted by atomic mass is 31.2. The summed E-state index contributed by atoms with van der Waals surface area (Å²) in [7, 11) is -4.74. The molecular formula is C48H80NO10P. The van der Waals surface area contributed by atoms with E-state index in [1.54, 1.807) is 0 Å². The van der Waals surface area contributed by atoms with Gasteiger partial charge in [0.05, 0.1) is 13.2 Å². The van der Waals surface area contributed by atoms with Crippen LogP contribution in [0.5, 0.6) is 0 Å². The Morgan fingerprint density at radius 3 is 1.45 bits per heavy atom. The molecule has 0 aliphatic rings. The van der Waals surface area contributed by atoms with Crippen LogP contribution in [0.4, 0.5) is 0 Å². The minimum Gasteiger partial charge on any atom is -0.480 e. The van der Waals surface area contributed by atoms with Crippen molar-refractivity contribution in [3.63, 3.8) is 0 Å². The average molecular weight is 862 g/mol. The zero-order valence-corrected chi connectivity index (χ0v) is 37.9. The smallest absolute Gasteiger partial charge is 0.472 e. The average Bonchev–Trinajstić information content (AvgIpc) is 3.22. The second-order valence-corrected chi connectivity index (χ2v) is 16.2. The highest BCUT2D eigenvalue weighted by Gasteiger charge is 2.28. The molecule has 11 nitrogen and oxygen atoms in total. The number of carbonyl (C=O) groups excluding carboxylic acids is 2. The van der Waals surface area contributed by atoms with Gasteiger partial charge in [0.1, 0.15) is 12.6 Å². The molecule has 1 unspecified atom stereocenters. The lowest BCUT2D eigenvalue weighted by Crippen LogP contribution is -2.34. The summed E-state index contributed by atoms with van der Waals surface area (Å²) in [5.41, 5.74) is 5.33. The van der Waals surface area contributed by atoms with Crippen molar-refractivity contribution in [3.8, 4) is 0 Å². The minimum atomic E-state index is -4.74. The monoisotopic (exact) mass is 862 g/mol. The topological polar surface area (TPSA) is 172 Å². The quantitative estimate of drug-likeness (QED) is 0.0231. The summed E-state index contributed by atoms with van der Waals surface area (Å²) >= 11 is 0. The second-order valence-electron chi connectivity index (χ2n) is 14.8. The van der Waals surface area contributed by atoms with E-state index in [0.717, 1.165) is 70.6 Å². The number of aliphatic carboxylic acids is 1. The zero-order chi connectivity index (χ0) is 44.2. The first-order valence-corrected chi connectivity index (χ1v) is 24.1. The Kier molecular flexibility index (Phi) is 40.0. The highest BCUT2D eigenvalue weighted by molar-refractivity contribution is 7.47. The van der Waals surface area contributed by atoms with Gasteiger partial charge in [-0.15, -0.1) is 0 Å². The summed E-state index contributed by atoms with van der Waals surface area (Å²) < 4.78 is 32.6. The molecule has 0 spiro atoms. The van der Waals surface area contributed by atoms with Crippen LogP contribution in [-0.2, 0) is 37.5 Å². The molecule has 0 saturated carbocycles. The van der Waals surface area contributed by atoms with E-state index in [0.29, 0.717) is 19.3 Å². The SMILES string of the molecule is CC/C=C/C/C=C/C/C=C/CCCCCCCC(=O)O[C@@H](COC(=O)CCC/C=C/C/C=C/C/C=C/C/C=C/CCCCCCCCC)COP(=O)(O)OC[C@H](N)C(=O)O. The maximum atomic E-state index is 12.6. The van der Waals surface area contributed by atoms with Crippen molar-refractivity contribution in [2.24, 2.45) is 5.73 Å². The first-order valence-electron chi connectivity index (χ1n) is 22.6. The van der Waals surface area contributed by atoms with Gasteiger partial charge in [-0.25, -0.2) is 4.57 Å². The molecule has 0 rings (SSSR count). The fraction of sp³-hybridized carbons (Fsp3) is 0.646. The fourth-order valence-corrected chi connectivity index (χ4v) is 6.38. The molecule has 4 N–H and O–H groups in total. The Morgan fingerprint density at radius 1 is 0.533 bits per heavy atom. The molecule has 60 heavy (non-hydrogen) atoms. The van der Waals surface area contributed by atoms with Crippen LogP contribution in [0.15, 0.2) is 85.1 Å². The molecule has 0 saturated heterocycles. The van der Waals surface area contributed by atoms with Gasteiger partial charge in [0.15, 0.2) is 6.10 Å². The predicted molar refractivity (Wildman–Crippen MR) is 244 cm³/mol. The number of ether oxygens (including phenoxy) is 2. The first kappa shape index (κ1) is 56.7. The molecule has 0 aromatic rings. The van der Waals surface area contributed by atoms with Crippen molar-refractivity contribution >= 4 is 25.7 Å². The maximum Gasteiger partial charge on any atom is 0.472 e. The van der Waals surface area contributed by atoms with E-state index < -0.39 is 51.1 Å². The molecule has 0 aliphatic carbocycles. The first-order chi connectivity index (χ1) is 29.1. The van der Waals surface area contributed by atoms with Crippen molar-refractivity contribution in [2.75, 3.05) is 19.8 Å². The van der Waals surface area contributed by atoms with Crippen LogP contribution < -0.4 is 5.73 Å². The van der Waals surface area contributed by atoms with Gasteiger partial charge in [-0.1, -0.05) is 157 Å². The molecule has 0 radical (unpaired) electrons. The van der Waals surface area contributed by atoms with E-state index in [1.807, 2.05) is 6.08 Å². The van der Waals surface area contributed by atoms with Gasteiger partial charge in [0, 0.05) is 12.8 Å². The van der Waals surface area contributed by atoms with Gasteiger partial charge in [-0.2, -0.15) is 0 Å². The van der Waals surface area contributed by atoms with E-state index in [9.17, 15) is 23.8 Å². The Labute approximate surface area is 362 Å². The summed E-state index contributed by atoms with van der Waals surface area (Å²) in [4.78, 5) is 46.0. The standard InChI is InChI=1S/C48H80NO10P/c1-3-5-7-9-11-13-15-17-19-20-21-22-23-24-26-27-29-31-33-35-37-39-46(50)56-41-44(42-57-60(54,55)58-43-45(49)48(52)53)59-47(51)40-38-36-34-32-30-28-25-18-16-14-12-10-8-6-4-2/h6,8,12,14,18-20,22-23,25-27,31,33,44-45H,3-5,7,9-11,13,15-17,21,24,28-30,32,34-43,49H2,1-2H3,(H,52,53)(H,54,55)/b8-6+,14-12+,20-19+,23-22+,25-18+,27-26+,33-31+/t44-,45-/m0/s1. The van der Waals surface area contributed by atoms with Crippen LogP contribution in [0.3, 0.4) is 0 Å². The maximum absolute atomic E-state index is 12.6. The van der Waals surface area contributed by atoms with Gasteiger partial charge in [-0.05, 0) is 83.5 Å². The van der Waals surface area contributed by atoms with Gasteiger partial charge in [0.25, 0.3) is 0 Å². The van der Waals surface area contributed by atoms with Gasteiger partial charge in [0.2, 0.25) is 0 Å². The number of carboxylic acids is 1. The molecular weight excluding hydrogens is 781 g/mol. The number of rotatable bonds is 41. The summed E-state index contributed by atoms with van der Waals surface area (Å²) in [6.45, 7) is 2.60. The summed E-state index contributed by atoms with van der Waals surface area (Å²) in [5.74, 6) is -2.48. The molecule has 3 atom stereocenters. The van der Waals surface area contributed by atoms with E-state index in [2.05, 4.69) is 97.4 Å². The van der Waals surface area contributed by atoms with Crippen LogP contribution in [0.2, 0.25) is 0 Å². The molecule has 0 aromatic heterocycles. The lowest BCUT2D eigenvalue weighted by molar-refractivity contribution is -0.161. The van der Waals surface area contributed by atoms with Gasteiger partial charge < -0.3 is 25.2 Å². The number of hydrogen-bond donors (Lipinski definition) is 3. The summed E-state index contributed by atoms with van der Waals surface area (Å²) in [5, 5.41) is 8.89. The third-order valence-electron chi connectivity index (χ3n) is 9.13. The van der Waals surface area contributed by atoms with Crippen molar-refractivity contribution in [3.05, 3.63) is 85.1 Å². The molecule has 0 aromatic carbocycles. The Bertz CT molecular complexity index is 1340. The fourth-order valence-electron chi connectivity index (χ4n) is 5.60. The lowest BCUT2D eigenvalue weighted by atomic mass is 10.1. The predicted octanol–water partition coefficient (Wildman–Crippen LogP) is 12.3. The zero-order valence-electron chi connectivity index (χ0n) is 37.0. The third-order valence-corrected chi connectivity index (χ3v) is 10.1. The van der Waals surface area contributed by atoms with E-state index in [4.69, 9.17) is 24.8 Å². The molecule has 0 heterocycles. The minimum absolute atomic E-state index is 0.125. The molecule has 342 valence electrons. The van der Waals surface area contributed by atoms with Crippen LogP contribution in [0.25, 0.3) is 0 Å². The third kappa shape index (κ3) is 41.4. The number of carboxylic acid groups (broad SMARTS) is 1. The van der Waals surface area contributed by atoms with Gasteiger partial charge in [-0.3, -0.25) is 23.4 Å². The lowest BCUT2D eigenvalue weighted by Gasteiger charge is -2.20. The normalized spacial score (nSPS) is 14.5. The van der Waals surface area contributed by atoms with Crippen molar-refractivity contribution in [2.45, 2.75) is 180 Å². The van der Waals surface area contributed by atoms with Crippen molar-refractivity contribution in [1.29, 1.82) is 0 Å². The van der Waals surface area contributed by atoms with Crippen LogP contribution in [-0.4, -0.2) is 59.9 Å². The molecule has 0 aliphatic heterocycles. The number of allylic oxidation sites excluding steroid dienone is 14. The number of unbranched alkanes of at least 4 members (excludes halogenated alkanes) is 13. The number of carbonyl (C=O) groups is 3. The van der Waals surface area contributed by atoms with E-state index in [1.165, 1.54) is 51.4 Å². The van der Waals surface area contributed by atoms with Crippen LogP contribution >= 0.6 is 7.82 Å². The van der Waals surface area contributed by atoms with Crippen LogP contribution in [0.1, 0.15) is 168 Å². The molecule has 0 amide bonds. The van der Waals surface area contributed by atoms with Crippen molar-refractivity contribution in [1.82, 2.24) is 0 Å². The number of hydrogen-bond acceptors (Lipinski definition) is 9. The number of phosphoric ester groups is 1. The second kappa shape index (κ2) is 42.4. The molecule has 0 bridgehead atoms. The molecule has 0 fully saturated rings. The van der Waals surface area contributed by atoms with E-state index >= 15 is 0 Å². The number of phosphoric acid groups is 1. The van der Waals surface area contributed by atoms with Gasteiger partial charge >= 0.3 is 25.7 Å². The van der Waals surface area contributed by atoms with Crippen LogP contribution in [0, 0.1) is 0 Å².